The Morgan fingerprint density at radius 2 is 2.00 bits per heavy atom. The molecule has 2 saturated heterocycles. The summed E-state index contributed by atoms with van der Waals surface area (Å²) in [4.78, 5) is 16.0. The van der Waals surface area contributed by atoms with E-state index in [1.165, 1.54) is 0 Å². The van der Waals surface area contributed by atoms with Crippen molar-refractivity contribution in [3.63, 3.8) is 0 Å². The van der Waals surface area contributed by atoms with Crippen molar-refractivity contribution in [3.8, 4) is 0 Å². The summed E-state index contributed by atoms with van der Waals surface area (Å²) in [5.41, 5.74) is -0.649. The van der Waals surface area contributed by atoms with Gasteiger partial charge in [0.1, 0.15) is 5.69 Å². The van der Waals surface area contributed by atoms with Crippen LogP contribution in [-0.4, -0.2) is 74.8 Å². The van der Waals surface area contributed by atoms with Crippen LogP contribution in [0.4, 0.5) is 8.78 Å². The molecule has 1 aromatic rings. The van der Waals surface area contributed by atoms with Crippen LogP contribution < -0.4 is 0 Å². The summed E-state index contributed by atoms with van der Waals surface area (Å²) in [5, 5.41) is 15.1. The number of alkyl halides is 2. The summed E-state index contributed by atoms with van der Waals surface area (Å²) in [5.74, 6) is -2.77. The molecule has 1 aromatic heterocycles. The minimum Gasteiger partial charge on any atom is -0.387 e. The lowest BCUT2D eigenvalue weighted by molar-refractivity contribution is -0.0720. The van der Waals surface area contributed by atoms with Gasteiger partial charge in [-0.2, -0.15) is 5.10 Å². The minimum atomic E-state index is -2.59. The van der Waals surface area contributed by atoms with Crippen molar-refractivity contribution in [2.75, 3.05) is 32.7 Å². The van der Waals surface area contributed by atoms with Gasteiger partial charge in [-0.05, 0) is 18.9 Å². The van der Waals surface area contributed by atoms with Gasteiger partial charge in [-0.3, -0.25) is 14.4 Å². The van der Waals surface area contributed by atoms with Gasteiger partial charge >= 0.3 is 0 Å². The molecule has 25 heavy (non-hydrogen) atoms. The summed E-state index contributed by atoms with van der Waals surface area (Å²) in [6.45, 7) is 4.38. The number of aromatic nitrogens is 2. The molecule has 0 bridgehead atoms. The molecule has 1 N–H and O–H groups in total. The van der Waals surface area contributed by atoms with Gasteiger partial charge in [-0.15, -0.1) is 0 Å². The van der Waals surface area contributed by atoms with Gasteiger partial charge in [0, 0.05) is 51.8 Å². The lowest BCUT2D eigenvalue weighted by Gasteiger charge is -2.36. The first-order valence-electron chi connectivity index (χ1n) is 8.96. The molecule has 0 radical (unpaired) electrons. The maximum Gasteiger partial charge on any atom is 0.274 e. The maximum atomic E-state index is 13.2. The van der Waals surface area contributed by atoms with E-state index in [4.69, 9.17) is 0 Å². The van der Waals surface area contributed by atoms with Gasteiger partial charge in [0.15, 0.2) is 0 Å². The monoisotopic (exact) mass is 356 g/mol. The lowest BCUT2D eigenvalue weighted by Crippen LogP contribution is -2.49. The third-order valence-corrected chi connectivity index (χ3v) is 5.04. The van der Waals surface area contributed by atoms with E-state index in [0.717, 1.165) is 13.0 Å². The number of β-amino-alcohol motifs (C(OH)–C–C–N with tert-alkyl or cyclic N) is 1. The van der Waals surface area contributed by atoms with Crippen molar-refractivity contribution in [2.24, 2.45) is 0 Å². The Kier molecular flexibility index (Phi) is 5.11. The van der Waals surface area contributed by atoms with Crippen LogP contribution in [0.5, 0.6) is 0 Å². The van der Waals surface area contributed by atoms with Gasteiger partial charge in [0.25, 0.3) is 11.8 Å². The fourth-order valence-electron chi connectivity index (χ4n) is 3.60. The van der Waals surface area contributed by atoms with Crippen LogP contribution in [0.2, 0.25) is 0 Å². The highest BCUT2D eigenvalue weighted by Gasteiger charge is 2.42. The highest BCUT2D eigenvalue weighted by atomic mass is 19.3. The molecule has 2 aliphatic rings. The third kappa shape index (κ3) is 4.36. The molecule has 1 amide bonds. The topological polar surface area (TPSA) is 61.6 Å². The first-order valence-corrected chi connectivity index (χ1v) is 8.96. The van der Waals surface area contributed by atoms with Crippen molar-refractivity contribution in [3.05, 3.63) is 18.0 Å². The molecule has 3 heterocycles. The van der Waals surface area contributed by atoms with Crippen molar-refractivity contribution in [1.82, 2.24) is 19.6 Å². The van der Waals surface area contributed by atoms with E-state index in [1.54, 1.807) is 21.8 Å². The number of carbonyl (C=O) groups is 1. The Labute approximate surface area is 146 Å². The molecule has 2 fully saturated rings. The number of carbonyl (C=O) groups excluding carboxylic acids is 1. The van der Waals surface area contributed by atoms with Crippen molar-refractivity contribution in [1.29, 1.82) is 0 Å². The molecule has 1 atom stereocenters. The summed E-state index contributed by atoms with van der Waals surface area (Å²) in [6, 6.07) is 1.70. The second-order valence-corrected chi connectivity index (χ2v) is 7.30. The number of piperidine rings is 1. The van der Waals surface area contributed by atoms with E-state index < -0.39 is 11.5 Å². The Morgan fingerprint density at radius 3 is 2.68 bits per heavy atom. The number of nitrogens with zero attached hydrogens (tertiary/aromatic N) is 4. The molecular formula is C17H26F2N4O2. The summed E-state index contributed by atoms with van der Waals surface area (Å²) in [7, 11) is 0. The number of aryl methyl sites for hydroxylation is 1. The van der Waals surface area contributed by atoms with E-state index in [1.807, 2.05) is 11.8 Å². The van der Waals surface area contributed by atoms with E-state index in [0.29, 0.717) is 25.2 Å². The van der Waals surface area contributed by atoms with E-state index in [9.17, 15) is 18.7 Å². The molecule has 1 unspecified atom stereocenters. The van der Waals surface area contributed by atoms with Crippen LogP contribution in [0.1, 0.15) is 43.1 Å². The van der Waals surface area contributed by atoms with Crippen LogP contribution in [0.3, 0.4) is 0 Å². The number of aliphatic hydroxyl groups is 1. The zero-order chi connectivity index (χ0) is 18.1. The van der Waals surface area contributed by atoms with Crippen molar-refractivity contribution in [2.45, 2.75) is 50.7 Å². The largest absolute Gasteiger partial charge is 0.387 e. The van der Waals surface area contributed by atoms with E-state index >= 15 is 0 Å². The Hall–Kier alpha value is -1.54. The predicted octanol–water partition coefficient (Wildman–Crippen LogP) is 1.60. The molecule has 2 aliphatic heterocycles. The zero-order valence-corrected chi connectivity index (χ0v) is 14.6. The van der Waals surface area contributed by atoms with Crippen LogP contribution in [0.15, 0.2) is 12.3 Å². The average molecular weight is 356 g/mol. The SMILES string of the molecule is CCCn1ccc(C(=O)N2CCC(O)(CN3CCC(F)(F)CC3)C2)n1. The summed E-state index contributed by atoms with van der Waals surface area (Å²) < 4.78 is 28.2. The van der Waals surface area contributed by atoms with Gasteiger partial charge in [-0.25, -0.2) is 8.78 Å². The van der Waals surface area contributed by atoms with Crippen LogP contribution >= 0.6 is 0 Å². The van der Waals surface area contributed by atoms with Crippen LogP contribution in [0.25, 0.3) is 0 Å². The first kappa shape index (κ1) is 18.3. The molecule has 140 valence electrons. The van der Waals surface area contributed by atoms with E-state index in [2.05, 4.69) is 5.10 Å². The molecule has 0 aliphatic carbocycles. The average Bonchev–Trinajstić information content (AvgIpc) is 3.17. The van der Waals surface area contributed by atoms with Crippen LogP contribution in [0, 0.1) is 0 Å². The molecule has 0 saturated carbocycles. The van der Waals surface area contributed by atoms with Gasteiger partial charge in [-0.1, -0.05) is 6.92 Å². The number of halogens is 2. The van der Waals surface area contributed by atoms with Gasteiger partial charge in [0.05, 0.1) is 12.1 Å². The van der Waals surface area contributed by atoms with Crippen molar-refractivity contribution < 1.29 is 18.7 Å². The molecular weight excluding hydrogens is 330 g/mol. The third-order valence-electron chi connectivity index (χ3n) is 5.04. The molecule has 0 spiro atoms. The fraction of sp³-hybridized carbons (Fsp3) is 0.765. The fourth-order valence-corrected chi connectivity index (χ4v) is 3.60. The molecule has 0 aromatic carbocycles. The maximum absolute atomic E-state index is 13.2. The Balaban J connectivity index is 1.55. The second kappa shape index (κ2) is 6.99. The molecule has 8 heteroatoms. The highest BCUT2D eigenvalue weighted by Crippen LogP contribution is 2.30. The summed E-state index contributed by atoms with van der Waals surface area (Å²) >= 11 is 0. The van der Waals surface area contributed by atoms with Gasteiger partial charge in [0.2, 0.25) is 0 Å². The molecule has 6 nitrogen and oxygen atoms in total. The summed E-state index contributed by atoms with van der Waals surface area (Å²) in [6.07, 6.45) is 2.85. The molecule has 3 rings (SSSR count). The smallest absolute Gasteiger partial charge is 0.274 e. The Morgan fingerprint density at radius 1 is 1.28 bits per heavy atom. The van der Waals surface area contributed by atoms with Crippen LogP contribution in [-0.2, 0) is 6.54 Å². The number of hydrogen-bond donors (Lipinski definition) is 1. The Bertz CT molecular complexity index is 612. The quantitative estimate of drug-likeness (QED) is 0.871. The number of amides is 1. The number of hydrogen-bond acceptors (Lipinski definition) is 4. The predicted molar refractivity (Wildman–Crippen MR) is 88.6 cm³/mol. The van der Waals surface area contributed by atoms with Gasteiger partial charge < -0.3 is 10.0 Å². The standard InChI is InChI=1S/C17H26F2N4O2/c1-2-7-23-8-3-14(20-23)15(24)22-11-4-16(25,13-22)12-21-9-5-17(18,19)6-10-21/h3,8,25H,2,4-7,9-13H2,1H3. The first-order chi connectivity index (χ1) is 11.8. The lowest BCUT2D eigenvalue weighted by atomic mass is 10.00. The highest BCUT2D eigenvalue weighted by molar-refractivity contribution is 5.92. The van der Waals surface area contributed by atoms with Crippen molar-refractivity contribution >= 4 is 5.91 Å². The second-order valence-electron chi connectivity index (χ2n) is 7.30. The zero-order valence-electron chi connectivity index (χ0n) is 14.6. The minimum absolute atomic E-state index is 0.166. The normalized spacial score (nSPS) is 27.0. The van der Waals surface area contributed by atoms with E-state index in [-0.39, 0.29) is 38.4 Å². The number of rotatable bonds is 5. The number of likely N-dealkylation sites (tertiary alicyclic amines) is 2.